The van der Waals surface area contributed by atoms with E-state index in [0.717, 1.165) is 0 Å². The Bertz CT molecular complexity index is 602. The van der Waals surface area contributed by atoms with Crippen LogP contribution in [0.5, 0.6) is 5.75 Å². The maximum absolute atomic E-state index is 11.8. The first-order chi connectivity index (χ1) is 9.65. The van der Waals surface area contributed by atoms with E-state index in [4.69, 9.17) is 27.9 Å². The third-order valence-corrected chi connectivity index (χ3v) is 3.01. The Morgan fingerprint density at radius 1 is 1.05 bits per heavy atom. The Balaban J connectivity index is 1.77. The second-order valence-electron chi connectivity index (χ2n) is 4.07. The molecule has 0 fully saturated rings. The van der Waals surface area contributed by atoms with E-state index in [1.54, 1.807) is 36.4 Å². The minimum absolute atomic E-state index is 0.179. The highest BCUT2D eigenvalue weighted by molar-refractivity contribution is 6.31. The summed E-state index contributed by atoms with van der Waals surface area (Å²) in [6, 6.07) is 13.9. The molecule has 2 aromatic rings. The van der Waals surface area contributed by atoms with Crippen LogP contribution in [0.15, 0.2) is 48.5 Å². The second kappa shape index (κ2) is 7.17. The zero-order chi connectivity index (χ0) is 14.4. The summed E-state index contributed by atoms with van der Waals surface area (Å²) in [5.74, 6) is 0.497. The third-order valence-electron chi connectivity index (χ3n) is 2.54. The number of rotatable bonds is 5. The summed E-state index contributed by atoms with van der Waals surface area (Å²) in [4.78, 5) is 11.8. The first-order valence-electron chi connectivity index (χ1n) is 6.07. The van der Waals surface area contributed by atoms with E-state index in [-0.39, 0.29) is 5.91 Å². The van der Waals surface area contributed by atoms with E-state index in [0.29, 0.717) is 34.5 Å². The van der Waals surface area contributed by atoms with E-state index in [2.05, 4.69) is 5.32 Å². The quantitative estimate of drug-likeness (QED) is 0.853. The largest absolute Gasteiger partial charge is 0.492 e. The van der Waals surface area contributed by atoms with Gasteiger partial charge in [0.15, 0.2) is 0 Å². The lowest BCUT2D eigenvalue weighted by atomic mass is 10.2. The van der Waals surface area contributed by atoms with Crippen LogP contribution >= 0.6 is 23.2 Å². The molecule has 3 nitrogen and oxygen atoms in total. The van der Waals surface area contributed by atoms with Crippen molar-refractivity contribution in [1.29, 1.82) is 0 Å². The van der Waals surface area contributed by atoms with Crippen molar-refractivity contribution in [1.82, 2.24) is 5.32 Å². The van der Waals surface area contributed by atoms with Gasteiger partial charge in [-0.2, -0.15) is 0 Å². The number of nitrogens with one attached hydrogen (secondary N) is 1. The van der Waals surface area contributed by atoms with Crippen LogP contribution in [0.25, 0.3) is 0 Å². The molecule has 0 saturated heterocycles. The minimum Gasteiger partial charge on any atom is -0.492 e. The van der Waals surface area contributed by atoms with Gasteiger partial charge in [-0.05, 0) is 36.4 Å². The molecular weight excluding hydrogens is 297 g/mol. The van der Waals surface area contributed by atoms with Gasteiger partial charge in [0.05, 0.1) is 6.54 Å². The molecule has 5 heteroatoms. The van der Waals surface area contributed by atoms with Gasteiger partial charge >= 0.3 is 0 Å². The van der Waals surface area contributed by atoms with Crippen LogP contribution in [0.1, 0.15) is 10.4 Å². The molecule has 0 atom stereocenters. The zero-order valence-corrected chi connectivity index (χ0v) is 12.1. The fraction of sp³-hybridized carbons (Fsp3) is 0.133. The molecule has 1 N–H and O–H groups in total. The van der Waals surface area contributed by atoms with E-state index < -0.39 is 0 Å². The monoisotopic (exact) mass is 309 g/mol. The number of benzene rings is 2. The topological polar surface area (TPSA) is 38.3 Å². The third kappa shape index (κ3) is 4.44. The molecule has 0 spiro atoms. The van der Waals surface area contributed by atoms with Crippen molar-refractivity contribution in [2.24, 2.45) is 0 Å². The van der Waals surface area contributed by atoms with Crippen molar-refractivity contribution in [2.75, 3.05) is 13.2 Å². The predicted molar refractivity (Wildman–Crippen MR) is 80.7 cm³/mol. The van der Waals surface area contributed by atoms with Crippen LogP contribution in [-0.2, 0) is 0 Å². The molecule has 0 saturated carbocycles. The molecule has 20 heavy (non-hydrogen) atoms. The number of amides is 1. The number of halogens is 2. The number of carbonyl (C=O) groups excluding carboxylic acids is 1. The van der Waals surface area contributed by atoms with E-state index in [1.807, 2.05) is 12.1 Å². The molecule has 104 valence electrons. The number of ether oxygens (including phenoxy) is 1. The predicted octanol–water partition coefficient (Wildman–Crippen LogP) is 3.80. The first-order valence-corrected chi connectivity index (χ1v) is 6.83. The van der Waals surface area contributed by atoms with E-state index >= 15 is 0 Å². The van der Waals surface area contributed by atoms with Crippen LogP contribution < -0.4 is 10.1 Å². The van der Waals surface area contributed by atoms with Gasteiger partial charge in [0.1, 0.15) is 12.4 Å². The SMILES string of the molecule is O=C(NCCOc1cccc(Cl)c1)c1cccc(Cl)c1. The van der Waals surface area contributed by atoms with Crippen molar-refractivity contribution in [3.63, 3.8) is 0 Å². The zero-order valence-electron chi connectivity index (χ0n) is 10.6. The highest BCUT2D eigenvalue weighted by Gasteiger charge is 2.04. The van der Waals surface area contributed by atoms with Crippen LogP contribution in [0.2, 0.25) is 10.0 Å². The van der Waals surface area contributed by atoms with Gasteiger partial charge in [-0.1, -0.05) is 35.3 Å². The average molecular weight is 310 g/mol. The van der Waals surface area contributed by atoms with Gasteiger partial charge in [-0.15, -0.1) is 0 Å². The molecule has 0 aliphatic rings. The summed E-state index contributed by atoms with van der Waals surface area (Å²) < 4.78 is 5.47. The molecule has 0 aliphatic heterocycles. The van der Waals surface area contributed by atoms with E-state index in [1.165, 1.54) is 0 Å². The van der Waals surface area contributed by atoms with Gasteiger partial charge in [0.2, 0.25) is 0 Å². The normalized spacial score (nSPS) is 10.1. The maximum atomic E-state index is 11.8. The van der Waals surface area contributed by atoms with Gasteiger partial charge in [0.25, 0.3) is 5.91 Å². The maximum Gasteiger partial charge on any atom is 0.251 e. The van der Waals surface area contributed by atoms with Crippen LogP contribution in [0.3, 0.4) is 0 Å². The number of hydrogen-bond acceptors (Lipinski definition) is 2. The Kier molecular flexibility index (Phi) is 5.27. The van der Waals surface area contributed by atoms with E-state index in [9.17, 15) is 4.79 Å². The number of carbonyl (C=O) groups is 1. The lowest BCUT2D eigenvalue weighted by molar-refractivity contribution is 0.0947. The van der Waals surface area contributed by atoms with Crippen molar-refractivity contribution >= 4 is 29.1 Å². The van der Waals surface area contributed by atoms with Crippen LogP contribution in [0, 0.1) is 0 Å². The van der Waals surface area contributed by atoms with Crippen molar-refractivity contribution < 1.29 is 9.53 Å². The minimum atomic E-state index is -0.179. The summed E-state index contributed by atoms with van der Waals surface area (Å²) in [6.45, 7) is 0.768. The molecule has 0 aliphatic carbocycles. The molecule has 0 aromatic heterocycles. The van der Waals surface area contributed by atoms with Crippen LogP contribution in [-0.4, -0.2) is 19.1 Å². The van der Waals surface area contributed by atoms with Gasteiger partial charge < -0.3 is 10.1 Å². The average Bonchev–Trinajstić information content (AvgIpc) is 2.43. The highest BCUT2D eigenvalue weighted by Crippen LogP contribution is 2.16. The molecule has 0 heterocycles. The molecule has 0 unspecified atom stereocenters. The molecule has 1 amide bonds. The van der Waals surface area contributed by atoms with Gasteiger partial charge in [-0.25, -0.2) is 0 Å². The van der Waals surface area contributed by atoms with Gasteiger partial charge in [-0.3, -0.25) is 4.79 Å². The van der Waals surface area contributed by atoms with Crippen molar-refractivity contribution in [2.45, 2.75) is 0 Å². The smallest absolute Gasteiger partial charge is 0.251 e. The second-order valence-corrected chi connectivity index (χ2v) is 4.94. The van der Waals surface area contributed by atoms with Crippen molar-refractivity contribution in [3.8, 4) is 5.75 Å². The first kappa shape index (κ1) is 14.7. The summed E-state index contributed by atoms with van der Waals surface area (Å²) in [5, 5.41) is 3.91. The Morgan fingerprint density at radius 3 is 2.45 bits per heavy atom. The van der Waals surface area contributed by atoms with Crippen molar-refractivity contribution in [3.05, 3.63) is 64.1 Å². The Labute approximate surface area is 127 Å². The standard InChI is InChI=1S/C15H13Cl2NO2/c16-12-4-1-3-11(9-12)15(19)18-7-8-20-14-6-2-5-13(17)10-14/h1-6,9-10H,7-8H2,(H,18,19). The van der Waals surface area contributed by atoms with Gasteiger partial charge in [0, 0.05) is 15.6 Å². The number of hydrogen-bond donors (Lipinski definition) is 1. The molecule has 2 aromatic carbocycles. The summed E-state index contributed by atoms with van der Waals surface area (Å²) in [7, 11) is 0. The summed E-state index contributed by atoms with van der Waals surface area (Å²) in [5.41, 5.74) is 0.528. The molecule has 0 bridgehead atoms. The summed E-state index contributed by atoms with van der Waals surface area (Å²) >= 11 is 11.7. The fourth-order valence-electron chi connectivity index (χ4n) is 1.62. The molecule has 0 radical (unpaired) electrons. The molecular formula is C15H13Cl2NO2. The fourth-order valence-corrected chi connectivity index (χ4v) is 1.99. The molecule has 2 rings (SSSR count). The lowest BCUT2D eigenvalue weighted by Crippen LogP contribution is -2.28. The Morgan fingerprint density at radius 2 is 1.75 bits per heavy atom. The Hall–Kier alpha value is -1.71. The van der Waals surface area contributed by atoms with Crippen LogP contribution in [0.4, 0.5) is 0 Å². The lowest BCUT2D eigenvalue weighted by Gasteiger charge is -2.08. The summed E-state index contributed by atoms with van der Waals surface area (Å²) in [6.07, 6.45) is 0. The highest BCUT2D eigenvalue weighted by atomic mass is 35.5.